The Kier molecular flexibility index (Phi) is 4.27. The van der Waals surface area contributed by atoms with Gasteiger partial charge in [-0.1, -0.05) is 5.11 Å². The first kappa shape index (κ1) is 12.8. The second-order valence-electron chi connectivity index (χ2n) is 3.09. The number of nitro groups is 1. The Hall–Kier alpha value is -2.31. The molecule has 0 fully saturated rings. The van der Waals surface area contributed by atoms with Gasteiger partial charge in [0.2, 0.25) is 0 Å². The van der Waals surface area contributed by atoms with Crippen LogP contribution < -0.4 is 4.74 Å². The fourth-order valence-corrected chi connectivity index (χ4v) is 1.35. The van der Waals surface area contributed by atoms with Crippen LogP contribution in [-0.2, 0) is 0 Å². The van der Waals surface area contributed by atoms with Crippen molar-refractivity contribution >= 4 is 5.69 Å². The molecule has 0 amide bonds. The van der Waals surface area contributed by atoms with Crippen molar-refractivity contribution in [3.8, 4) is 5.75 Å². The number of nitrogens with zero attached hydrogens (tertiary/aromatic N) is 4. The van der Waals surface area contributed by atoms with Crippen LogP contribution in [0.1, 0.15) is 11.6 Å². The van der Waals surface area contributed by atoms with Gasteiger partial charge in [-0.25, -0.2) is 0 Å². The number of aliphatic hydroxyl groups is 1. The van der Waals surface area contributed by atoms with Crippen LogP contribution in [-0.4, -0.2) is 23.7 Å². The van der Waals surface area contributed by atoms with Crippen LogP contribution in [0.15, 0.2) is 23.3 Å². The molecule has 0 saturated carbocycles. The van der Waals surface area contributed by atoms with E-state index >= 15 is 0 Å². The first-order valence-corrected chi connectivity index (χ1v) is 4.61. The van der Waals surface area contributed by atoms with Gasteiger partial charge in [0.25, 0.3) is 5.69 Å². The number of rotatable bonds is 5. The maximum Gasteiger partial charge on any atom is 0.273 e. The maximum absolute atomic E-state index is 10.8. The SMILES string of the molecule is COc1ccc([N+](=O)[O-])c(C(CO)N=[N+]=[N-])c1. The summed E-state index contributed by atoms with van der Waals surface area (Å²) >= 11 is 0. The molecule has 0 spiro atoms. The van der Waals surface area contributed by atoms with Gasteiger partial charge in [-0.15, -0.1) is 0 Å². The molecule has 0 aliphatic heterocycles. The lowest BCUT2D eigenvalue weighted by molar-refractivity contribution is -0.385. The van der Waals surface area contributed by atoms with Crippen molar-refractivity contribution < 1.29 is 14.8 Å². The van der Waals surface area contributed by atoms with Crippen molar-refractivity contribution in [3.05, 3.63) is 44.3 Å². The molecule has 1 atom stereocenters. The van der Waals surface area contributed by atoms with Gasteiger partial charge in [-0.2, -0.15) is 0 Å². The van der Waals surface area contributed by atoms with Gasteiger partial charge in [0.05, 0.1) is 24.7 Å². The summed E-state index contributed by atoms with van der Waals surface area (Å²) in [6, 6.07) is 3.03. The maximum atomic E-state index is 10.8. The van der Waals surface area contributed by atoms with Crippen LogP contribution in [0, 0.1) is 10.1 Å². The highest BCUT2D eigenvalue weighted by Crippen LogP contribution is 2.31. The number of ether oxygens (including phenoxy) is 1. The van der Waals surface area contributed by atoms with Gasteiger partial charge in [0, 0.05) is 16.5 Å². The zero-order valence-electron chi connectivity index (χ0n) is 8.98. The van der Waals surface area contributed by atoms with Crippen molar-refractivity contribution in [3.63, 3.8) is 0 Å². The van der Waals surface area contributed by atoms with Gasteiger partial charge in [0.1, 0.15) is 5.75 Å². The fraction of sp³-hybridized carbons (Fsp3) is 0.333. The van der Waals surface area contributed by atoms with Crippen molar-refractivity contribution in [2.75, 3.05) is 13.7 Å². The lowest BCUT2D eigenvalue weighted by Crippen LogP contribution is -2.04. The van der Waals surface area contributed by atoms with Crippen LogP contribution in [0.2, 0.25) is 0 Å². The summed E-state index contributed by atoms with van der Waals surface area (Å²) in [5, 5.41) is 23.1. The van der Waals surface area contributed by atoms with E-state index in [4.69, 9.17) is 15.4 Å². The highest BCUT2D eigenvalue weighted by atomic mass is 16.6. The summed E-state index contributed by atoms with van der Waals surface area (Å²) in [5.41, 5.74) is 8.23. The zero-order chi connectivity index (χ0) is 12.8. The highest BCUT2D eigenvalue weighted by molar-refractivity contribution is 5.47. The van der Waals surface area contributed by atoms with E-state index in [1.165, 1.54) is 25.3 Å². The van der Waals surface area contributed by atoms with Crippen LogP contribution in [0.25, 0.3) is 10.4 Å². The van der Waals surface area contributed by atoms with E-state index < -0.39 is 17.6 Å². The minimum Gasteiger partial charge on any atom is -0.497 e. The second-order valence-corrected chi connectivity index (χ2v) is 3.09. The van der Waals surface area contributed by atoms with Crippen LogP contribution in [0.3, 0.4) is 0 Å². The van der Waals surface area contributed by atoms with E-state index in [1.807, 2.05) is 0 Å². The number of nitro benzene ring substituents is 1. The van der Waals surface area contributed by atoms with Gasteiger partial charge in [-0.3, -0.25) is 10.1 Å². The molecular formula is C9H10N4O4. The molecule has 0 aromatic heterocycles. The number of hydrogen-bond donors (Lipinski definition) is 1. The van der Waals surface area contributed by atoms with Crippen molar-refractivity contribution in [1.82, 2.24) is 0 Å². The van der Waals surface area contributed by atoms with E-state index in [-0.39, 0.29) is 11.3 Å². The summed E-state index contributed by atoms with van der Waals surface area (Å²) in [7, 11) is 1.41. The van der Waals surface area contributed by atoms with E-state index in [9.17, 15) is 10.1 Å². The zero-order valence-corrected chi connectivity index (χ0v) is 8.98. The van der Waals surface area contributed by atoms with Gasteiger partial charge in [0.15, 0.2) is 0 Å². The monoisotopic (exact) mass is 238 g/mol. The molecule has 0 radical (unpaired) electrons. The van der Waals surface area contributed by atoms with Crippen molar-refractivity contribution in [1.29, 1.82) is 0 Å². The Labute approximate surface area is 96.2 Å². The van der Waals surface area contributed by atoms with E-state index in [0.717, 1.165) is 0 Å². The molecule has 90 valence electrons. The molecule has 0 saturated heterocycles. The normalized spacial score (nSPS) is 11.4. The summed E-state index contributed by atoms with van der Waals surface area (Å²) in [6.07, 6.45) is 0. The van der Waals surface area contributed by atoms with Crippen LogP contribution in [0.4, 0.5) is 5.69 Å². The molecule has 1 aromatic carbocycles. The number of aliphatic hydroxyl groups excluding tert-OH is 1. The van der Waals surface area contributed by atoms with E-state index in [2.05, 4.69) is 10.0 Å². The molecule has 1 aromatic rings. The number of methoxy groups -OCH3 is 1. The van der Waals surface area contributed by atoms with Gasteiger partial charge < -0.3 is 9.84 Å². The highest BCUT2D eigenvalue weighted by Gasteiger charge is 2.21. The van der Waals surface area contributed by atoms with Crippen LogP contribution >= 0.6 is 0 Å². The third-order valence-electron chi connectivity index (χ3n) is 2.15. The molecule has 1 unspecified atom stereocenters. The summed E-state index contributed by atoms with van der Waals surface area (Å²) < 4.78 is 4.92. The number of azide groups is 1. The molecule has 0 aliphatic carbocycles. The third kappa shape index (κ3) is 2.83. The number of benzene rings is 1. The van der Waals surface area contributed by atoms with Gasteiger partial charge in [-0.05, 0) is 17.7 Å². The molecular weight excluding hydrogens is 228 g/mol. The predicted octanol–water partition coefficient (Wildman–Crippen LogP) is 1.95. The molecule has 8 heteroatoms. The number of hydrogen-bond acceptors (Lipinski definition) is 5. The average Bonchev–Trinajstić information content (AvgIpc) is 2.35. The van der Waals surface area contributed by atoms with E-state index in [1.54, 1.807) is 0 Å². The largest absolute Gasteiger partial charge is 0.497 e. The topological polar surface area (TPSA) is 121 Å². The van der Waals surface area contributed by atoms with Crippen molar-refractivity contribution in [2.24, 2.45) is 5.11 Å². The Bertz CT molecular complexity index is 470. The minimum atomic E-state index is -1.00. The van der Waals surface area contributed by atoms with Crippen LogP contribution in [0.5, 0.6) is 5.75 Å². The smallest absolute Gasteiger partial charge is 0.273 e. The molecule has 8 nitrogen and oxygen atoms in total. The summed E-state index contributed by atoms with van der Waals surface area (Å²) in [6.45, 7) is -0.516. The Morgan fingerprint density at radius 3 is 2.88 bits per heavy atom. The lowest BCUT2D eigenvalue weighted by Gasteiger charge is -2.10. The Balaban J connectivity index is 3.34. The standard InChI is InChI=1S/C9H10N4O4/c1-17-6-2-3-9(13(15)16)7(4-6)8(5-14)11-12-10/h2-4,8,14H,5H2,1H3. The molecule has 1 rings (SSSR count). The van der Waals surface area contributed by atoms with E-state index in [0.29, 0.717) is 5.75 Å². The summed E-state index contributed by atoms with van der Waals surface area (Å²) in [4.78, 5) is 12.7. The lowest BCUT2D eigenvalue weighted by atomic mass is 10.1. The molecule has 0 bridgehead atoms. The van der Waals surface area contributed by atoms with Crippen molar-refractivity contribution in [2.45, 2.75) is 6.04 Å². The third-order valence-corrected chi connectivity index (χ3v) is 2.15. The average molecular weight is 238 g/mol. The second kappa shape index (κ2) is 5.69. The predicted molar refractivity (Wildman–Crippen MR) is 58.6 cm³/mol. The molecule has 1 N–H and O–H groups in total. The van der Waals surface area contributed by atoms with Gasteiger partial charge >= 0.3 is 0 Å². The molecule has 0 aliphatic rings. The minimum absolute atomic E-state index is 0.120. The summed E-state index contributed by atoms with van der Waals surface area (Å²) in [5.74, 6) is 0.386. The first-order chi connectivity index (χ1) is 8.13. The molecule has 0 heterocycles. The fourth-order valence-electron chi connectivity index (χ4n) is 1.35. The Morgan fingerprint density at radius 2 is 2.41 bits per heavy atom. The first-order valence-electron chi connectivity index (χ1n) is 4.61. The Morgan fingerprint density at radius 1 is 1.71 bits per heavy atom. The molecule has 17 heavy (non-hydrogen) atoms. The quantitative estimate of drug-likeness (QED) is 0.277.